The number of rotatable bonds is 4. The minimum Gasteiger partial charge on any atom is -0.292 e. The molecule has 0 aliphatic carbocycles. The van der Waals surface area contributed by atoms with Crippen molar-refractivity contribution in [2.45, 2.75) is 27.3 Å². The van der Waals surface area contributed by atoms with Crippen molar-refractivity contribution >= 4 is 16.7 Å². The summed E-state index contributed by atoms with van der Waals surface area (Å²) in [6.07, 6.45) is 0. The van der Waals surface area contributed by atoms with Gasteiger partial charge >= 0.3 is 0 Å². The third-order valence-electron chi connectivity index (χ3n) is 4.92. The molecule has 0 atom stereocenters. The second-order valence-electron chi connectivity index (χ2n) is 7.03. The zero-order chi connectivity index (χ0) is 20.7. The summed E-state index contributed by atoms with van der Waals surface area (Å²) in [6.45, 7) is 5.44. The number of Topliss-reactive ketones (excluding diaryl/α,β-unsaturated/α-hetero) is 1. The Morgan fingerprint density at radius 1 is 0.966 bits per heavy atom. The molecule has 146 valence electrons. The SMILES string of the molecule is Cc1ccc(-n2nc3c(=O)n(CC(=O)c4ccc(F)cc4)nc(C)c3c2C)cc1. The first kappa shape index (κ1) is 18.7. The summed E-state index contributed by atoms with van der Waals surface area (Å²) in [5.41, 5.74) is 3.54. The Bertz CT molecular complexity index is 1290. The Hall–Kier alpha value is -3.61. The van der Waals surface area contributed by atoms with E-state index in [0.717, 1.165) is 21.6 Å². The van der Waals surface area contributed by atoms with E-state index in [4.69, 9.17) is 0 Å². The monoisotopic (exact) mass is 390 g/mol. The van der Waals surface area contributed by atoms with Gasteiger partial charge in [-0.2, -0.15) is 10.2 Å². The highest BCUT2D eigenvalue weighted by Gasteiger charge is 2.19. The molecule has 2 aromatic heterocycles. The summed E-state index contributed by atoms with van der Waals surface area (Å²) in [5, 5.41) is 9.51. The van der Waals surface area contributed by atoms with Crippen LogP contribution >= 0.6 is 0 Å². The second-order valence-corrected chi connectivity index (χ2v) is 7.03. The normalized spacial score (nSPS) is 11.2. The topological polar surface area (TPSA) is 69.8 Å². The van der Waals surface area contributed by atoms with Crippen molar-refractivity contribution in [2.75, 3.05) is 0 Å². The molecular weight excluding hydrogens is 371 g/mol. The molecule has 7 heteroatoms. The van der Waals surface area contributed by atoms with Crippen LogP contribution < -0.4 is 5.56 Å². The molecule has 2 aromatic carbocycles. The number of aryl methyl sites for hydroxylation is 3. The van der Waals surface area contributed by atoms with E-state index in [-0.39, 0.29) is 17.8 Å². The predicted octanol–water partition coefficient (Wildman–Crippen LogP) is 3.53. The summed E-state index contributed by atoms with van der Waals surface area (Å²) < 4.78 is 15.9. The number of halogens is 1. The average molecular weight is 390 g/mol. The number of hydrogen-bond donors (Lipinski definition) is 0. The molecule has 6 nitrogen and oxygen atoms in total. The Labute approximate surface area is 166 Å². The van der Waals surface area contributed by atoms with Crippen LogP contribution in [0.3, 0.4) is 0 Å². The first-order valence-electron chi connectivity index (χ1n) is 9.18. The van der Waals surface area contributed by atoms with Crippen LogP contribution in [0.15, 0.2) is 53.3 Å². The molecule has 0 aliphatic heterocycles. The van der Waals surface area contributed by atoms with Gasteiger partial charge in [0.15, 0.2) is 11.3 Å². The van der Waals surface area contributed by atoms with Gasteiger partial charge in [0, 0.05) is 5.56 Å². The van der Waals surface area contributed by atoms with Crippen molar-refractivity contribution in [3.8, 4) is 5.69 Å². The summed E-state index contributed by atoms with van der Waals surface area (Å²) in [6, 6.07) is 13.0. The largest absolute Gasteiger partial charge is 0.295 e. The highest BCUT2D eigenvalue weighted by molar-refractivity contribution is 5.96. The molecule has 0 saturated carbocycles. The van der Waals surface area contributed by atoms with Gasteiger partial charge in [-0.1, -0.05) is 17.7 Å². The third-order valence-corrected chi connectivity index (χ3v) is 4.92. The fourth-order valence-corrected chi connectivity index (χ4v) is 3.39. The van der Waals surface area contributed by atoms with Crippen LogP contribution in [-0.4, -0.2) is 25.3 Å². The van der Waals surface area contributed by atoms with Gasteiger partial charge in [0.05, 0.1) is 22.5 Å². The number of benzene rings is 2. The molecule has 4 rings (SSSR count). The number of nitrogens with zero attached hydrogens (tertiary/aromatic N) is 4. The third kappa shape index (κ3) is 3.35. The maximum Gasteiger partial charge on any atom is 0.295 e. The molecule has 0 fully saturated rings. The fraction of sp³-hybridized carbons (Fsp3) is 0.182. The van der Waals surface area contributed by atoms with E-state index in [1.807, 2.05) is 38.1 Å². The van der Waals surface area contributed by atoms with Gasteiger partial charge < -0.3 is 0 Å². The maximum atomic E-state index is 13.1. The van der Waals surface area contributed by atoms with Crippen LogP contribution in [0.4, 0.5) is 4.39 Å². The van der Waals surface area contributed by atoms with E-state index < -0.39 is 11.4 Å². The summed E-state index contributed by atoms with van der Waals surface area (Å²) in [7, 11) is 0. The van der Waals surface area contributed by atoms with Crippen molar-refractivity contribution in [1.29, 1.82) is 0 Å². The van der Waals surface area contributed by atoms with Gasteiger partial charge in [0.2, 0.25) is 0 Å². The Kier molecular flexibility index (Phi) is 4.58. The van der Waals surface area contributed by atoms with Gasteiger partial charge in [-0.3, -0.25) is 9.59 Å². The first-order chi connectivity index (χ1) is 13.8. The first-order valence-corrected chi connectivity index (χ1v) is 9.18. The molecule has 4 aromatic rings. The molecule has 0 bridgehead atoms. The van der Waals surface area contributed by atoms with E-state index in [2.05, 4.69) is 10.2 Å². The van der Waals surface area contributed by atoms with Crippen molar-refractivity contribution in [3.05, 3.63) is 87.2 Å². The molecule has 0 amide bonds. The molecule has 0 spiro atoms. The highest BCUT2D eigenvalue weighted by Crippen LogP contribution is 2.21. The number of aromatic nitrogens is 4. The Morgan fingerprint density at radius 3 is 2.28 bits per heavy atom. The highest BCUT2D eigenvalue weighted by atomic mass is 19.1. The predicted molar refractivity (Wildman–Crippen MR) is 108 cm³/mol. The summed E-state index contributed by atoms with van der Waals surface area (Å²) >= 11 is 0. The molecule has 0 unspecified atom stereocenters. The van der Waals surface area contributed by atoms with E-state index in [1.54, 1.807) is 11.6 Å². The molecule has 29 heavy (non-hydrogen) atoms. The average Bonchev–Trinajstić information content (AvgIpc) is 3.05. The molecule has 0 aliphatic rings. The van der Waals surface area contributed by atoms with Gasteiger partial charge in [-0.25, -0.2) is 13.8 Å². The van der Waals surface area contributed by atoms with E-state index >= 15 is 0 Å². The lowest BCUT2D eigenvalue weighted by Crippen LogP contribution is -2.27. The number of ketones is 1. The van der Waals surface area contributed by atoms with Crippen LogP contribution in [0, 0.1) is 26.6 Å². The zero-order valence-corrected chi connectivity index (χ0v) is 16.3. The molecule has 0 N–H and O–H groups in total. The molecule has 2 heterocycles. The van der Waals surface area contributed by atoms with Crippen molar-refractivity contribution in [2.24, 2.45) is 0 Å². The van der Waals surface area contributed by atoms with Crippen molar-refractivity contribution < 1.29 is 9.18 Å². The van der Waals surface area contributed by atoms with Crippen LogP contribution in [0.1, 0.15) is 27.3 Å². The number of carbonyl (C=O) groups excluding carboxylic acids is 1. The standard InChI is InChI=1S/C22H19FN4O2/c1-13-4-10-18(11-5-13)27-15(3)20-14(2)24-26(22(29)21(20)25-27)12-19(28)16-6-8-17(23)9-7-16/h4-11H,12H2,1-3H3. The summed E-state index contributed by atoms with van der Waals surface area (Å²) in [4.78, 5) is 25.5. The smallest absolute Gasteiger partial charge is 0.292 e. The second kappa shape index (κ2) is 7.09. The van der Waals surface area contributed by atoms with Crippen LogP contribution in [-0.2, 0) is 6.54 Å². The van der Waals surface area contributed by atoms with Crippen LogP contribution in [0.25, 0.3) is 16.6 Å². The van der Waals surface area contributed by atoms with Gasteiger partial charge in [0.25, 0.3) is 5.56 Å². The van der Waals surface area contributed by atoms with E-state index in [0.29, 0.717) is 16.6 Å². The number of hydrogen-bond acceptors (Lipinski definition) is 4. The Morgan fingerprint density at radius 2 is 1.62 bits per heavy atom. The van der Waals surface area contributed by atoms with Gasteiger partial charge in [-0.15, -0.1) is 0 Å². The lowest BCUT2D eigenvalue weighted by Gasteiger charge is -2.06. The number of fused-ring (bicyclic) bond motifs is 1. The van der Waals surface area contributed by atoms with Crippen molar-refractivity contribution in [3.63, 3.8) is 0 Å². The quantitative estimate of drug-likeness (QED) is 0.500. The number of carbonyl (C=O) groups is 1. The lowest BCUT2D eigenvalue weighted by molar-refractivity contribution is 0.0966. The zero-order valence-electron chi connectivity index (χ0n) is 16.3. The van der Waals surface area contributed by atoms with Gasteiger partial charge in [-0.05, 0) is 57.2 Å². The fourth-order valence-electron chi connectivity index (χ4n) is 3.39. The van der Waals surface area contributed by atoms with Crippen LogP contribution in [0.5, 0.6) is 0 Å². The molecule has 0 radical (unpaired) electrons. The van der Waals surface area contributed by atoms with E-state index in [9.17, 15) is 14.0 Å². The minimum atomic E-state index is -0.435. The summed E-state index contributed by atoms with van der Waals surface area (Å²) in [5.74, 6) is -0.751. The lowest BCUT2D eigenvalue weighted by atomic mass is 10.1. The maximum absolute atomic E-state index is 13.1. The minimum absolute atomic E-state index is 0.238. The van der Waals surface area contributed by atoms with Gasteiger partial charge in [0.1, 0.15) is 12.4 Å². The van der Waals surface area contributed by atoms with E-state index in [1.165, 1.54) is 24.3 Å². The molecular formula is C22H19FN4O2. The Balaban J connectivity index is 1.78. The van der Waals surface area contributed by atoms with Crippen LogP contribution in [0.2, 0.25) is 0 Å². The van der Waals surface area contributed by atoms with Crippen molar-refractivity contribution in [1.82, 2.24) is 19.6 Å². The molecule has 0 saturated heterocycles.